The Bertz CT molecular complexity index is 602. The first-order valence-corrected chi connectivity index (χ1v) is 7.04. The lowest BCUT2D eigenvalue weighted by atomic mass is 10.1. The molecule has 4 nitrogen and oxygen atoms in total. The second-order valence-electron chi connectivity index (χ2n) is 4.17. The van der Waals surface area contributed by atoms with Crippen molar-refractivity contribution < 1.29 is 23.4 Å². The van der Waals surface area contributed by atoms with Gasteiger partial charge in [0, 0.05) is 12.0 Å². The topological polar surface area (TPSA) is 59.4 Å². The van der Waals surface area contributed by atoms with Crippen molar-refractivity contribution >= 4 is 17.3 Å². The van der Waals surface area contributed by atoms with Crippen molar-refractivity contribution in [1.29, 1.82) is 0 Å². The third-order valence-corrected chi connectivity index (χ3v) is 3.72. The molecule has 0 aliphatic carbocycles. The third-order valence-electron chi connectivity index (χ3n) is 2.62. The summed E-state index contributed by atoms with van der Waals surface area (Å²) in [4.78, 5) is 15.7. The summed E-state index contributed by atoms with van der Waals surface area (Å²) in [6.45, 7) is -0.534. The number of aromatic carboxylic acids is 1. The molecule has 0 aliphatic heterocycles. The molecular formula is C14H13F2NO3S. The fourth-order valence-electron chi connectivity index (χ4n) is 1.74. The van der Waals surface area contributed by atoms with Crippen LogP contribution in [0.15, 0.2) is 30.3 Å². The molecule has 0 spiro atoms. The highest BCUT2D eigenvalue weighted by Gasteiger charge is 2.18. The van der Waals surface area contributed by atoms with Crippen LogP contribution in [-0.2, 0) is 11.2 Å². The van der Waals surface area contributed by atoms with Crippen LogP contribution in [0.25, 0.3) is 11.3 Å². The summed E-state index contributed by atoms with van der Waals surface area (Å²) >= 11 is 1.04. The minimum atomic E-state index is -2.50. The second kappa shape index (κ2) is 7.24. The Morgan fingerprint density at radius 1 is 1.33 bits per heavy atom. The van der Waals surface area contributed by atoms with Crippen LogP contribution in [-0.4, -0.2) is 35.7 Å². The number of thiazole rings is 1. The predicted molar refractivity (Wildman–Crippen MR) is 75.0 cm³/mol. The van der Waals surface area contributed by atoms with Crippen molar-refractivity contribution in [1.82, 2.24) is 4.98 Å². The molecule has 1 aromatic heterocycles. The number of benzene rings is 1. The van der Waals surface area contributed by atoms with E-state index in [1.807, 2.05) is 6.07 Å². The van der Waals surface area contributed by atoms with E-state index >= 15 is 0 Å². The van der Waals surface area contributed by atoms with Gasteiger partial charge in [-0.25, -0.2) is 18.6 Å². The lowest BCUT2D eigenvalue weighted by molar-refractivity contribution is 0.0187. The van der Waals surface area contributed by atoms with Crippen molar-refractivity contribution in [3.05, 3.63) is 40.2 Å². The zero-order valence-electron chi connectivity index (χ0n) is 11.0. The Balaban J connectivity index is 2.12. The number of carboxylic acids is 1. The van der Waals surface area contributed by atoms with Crippen LogP contribution >= 0.6 is 11.3 Å². The Kier molecular flexibility index (Phi) is 5.35. The van der Waals surface area contributed by atoms with E-state index in [4.69, 9.17) is 4.74 Å². The van der Waals surface area contributed by atoms with Gasteiger partial charge in [0.2, 0.25) is 0 Å². The molecule has 1 aromatic carbocycles. The molecule has 2 rings (SSSR count). The molecule has 0 amide bonds. The number of halogens is 2. The van der Waals surface area contributed by atoms with Crippen molar-refractivity contribution in [3.8, 4) is 11.3 Å². The SMILES string of the molecule is O=C(O)c1sc(CCOCC(F)F)nc1-c1ccccc1. The molecule has 0 unspecified atom stereocenters. The van der Waals surface area contributed by atoms with Gasteiger partial charge in [-0.3, -0.25) is 0 Å². The largest absolute Gasteiger partial charge is 0.477 e. The number of aromatic nitrogens is 1. The number of ether oxygens (including phenoxy) is 1. The number of hydrogen-bond donors (Lipinski definition) is 1. The maximum atomic E-state index is 11.9. The van der Waals surface area contributed by atoms with Crippen molar-refractivity contribution in [2.75, 3.05) is 13.2 Å². The van der Waals surface area contributed by atoms with E-state index in [0.29, 0.717) is 22.7 Å². The van der Waals surface area contributed by atoms with Gasteiger partial charge >= 0.3 is 5.97 Å². The van der Waals surface area contributed by atoms with Crippen LogP contribution < -0.4 is 0 Å². The monoisotopic (exact) mass is 313 g/mol. The van der Waals surface area contributed by atoms with E-state index in [0.717, 1.165) is 11.3 Å². The van der Waals surface area contributed by atoms with E-state index in [9.17, 15) is 18.7 Å². The first-order chi connectivity index (χ1) is 10.1. The third kappa shape index (κ3) is 4.30. The molecule has 0 saturated heterocycles. The average molecular weight is 313 g/mol. The number of nitrogens with zero attached hydrogens (tertiary/aromatic N) is 1. The average Bonchev–Trinajstić information content (AvgIpc) is 2.89. The van der Waals surface area contributed by atoms with Crippen molar-refractivity contribution in [3.63, 3.8) is 0 Å². The van der Waals surface area contributed by atoms with Gasteiger partial charge in [0.15, 0.2) is 0 Å². The quantitative estimate of drug-likeness (QED) is 0.797. The van der Waals surface area contributed by atoms with E-state index in [1.165, 1.54) is 0 Å². The fraction of sp³-hybridized carbons (Fsp3) is 0.286. The van der Waals surface area contributed by atoms with E-state index in [1.54, 1.807) is 24.3 Å². The molecule has 0 aliphatic rings. The van der Waals surface area contributed by atoms with Crippen molar-refractivity contribution in [2.24, 2.45) is 0 Å². The smallest absolute Gasteiger partial charge is 0.348 e. The summed E-state index contributed by atoms with van der Waals surface area (Å²) in [6, 6.07) is 8.98. The molecule has 1 heterocycles. The first kappa shape index (κ1) is 15.5. The maximum Gasteiger partial charge on any atom is 0.348 e. The fourth-order valence-corrected chi connectivity index (χ4v) is 2.65. The van der Waals surface area contributed by atoms with Gasteiger partial charge in [0.05, 0.1) is 17.3 Å². The van der Waals surface area contributed by atoms with E-state index < -0.39 is 19.0 Å². The maximum absolute atomic E-state index is 11.9. The molecule has 0 radical (unpaired) electrons. The van der Waals surface area contributed by atoms with Gasteiger partial charge < -0.3 is 9.84 Å². The summed E-state index contributed by atoms with van der Waals surface area (Å²) in [5.41, 5.74) is 1.11. The predicted octanol–water partition coefficient (Wildman–Crippen LogP) is 3.33. The van der Waals surface area contributed by atoms with Crippen LogP contribution in [0.2, 0.25) is 0 Å². The zero-order valence-corrected chi connectivity index (χ0v) is 11.8. The lowest BCUT2D eigenvalue weighted by Crippen LogP contribution is -2.06. The van der Waals surface area contributed by atoms with Gasteiger partial charge in [-0.1, -0.05) is 30.3 Å². The Labute approximate surface area is 124 Å². The summed E-state index contributed by atoms with van der Waals surface area (Å²) in [5, 5.41) is 9.78. The molecule has 112 valence electrons. The van der Waals surface area contributed by atoms with Crippen LogP contribution in [0, 0.1) is 0 Å². The summed E-state index contributed by atoms with van der Waals surface area (Å²) in [5.74, 6) is -1.05. The molecule has 0 atom stereocenters. The van der Waals surface area contributed by atoms with E-state index in [-0.39, 0.29) is 11.5 Å². The van der Waals surface area contributed by atoms with Gasteiger partial charge in [-0.05, 0) is 0 Å². The Morgan fingerprint density at radius 3 is 2.67 bits per heavy atom. The second-order valence-corrected chi connectivity index (χ2v) is 5.26. The molecule has 21 heavy (non-hydrogen) atoms. The first-order valence-electron chi connectivity index (χ1n) is 6.22. The zero-order chi connectivity index (χ0) is 15.2. The summed E-state index contributed by atoms with van der Waals surface area (Å²) in [7, 11) is 0. The van der Waals surface area contributed by atoms with E-state index in [2.05, 4.69) is 4.98 Å². The van der Waals surface area contributed by atoms with Crippen LogP contribution in [0.1, 0.15) is 14.7 Å². The Morgan fingerprint density at radius 2 is 2.05 bits per heavy atom. The molecule has 0 saturated carbocycles. The number of carbonyl (C=O) groups is 1. The molecule has 2 aromatic rings. The van der Waals surface area contributed by atoms with Crippen LogP contribution in [0.4, 0.5) is 8.78 Å². The van der Waals surface area contributed by atoms with Gasteiger partial charge in [0.1, 0.15) is 11.5 Å². The molecule has 0 fully saturated rings. The number of hydrogen-bond acceptors (Lipinski definition) is 4. The highest BCUT2D eigenvalue weighted by atomic mass is 32.1. The van der Waals surface area contributed by atoms with Gasteiger partial charge in [0.25, 0.3) is 6.43 Å². The number of rotatable bonds is 7. The molecule has 7 heteroatoms. The molecule has 0 bridgehead atoms. The van der Waals surface area contributed by atoms with Crippen molar-refractivity contribution in [2.45, 2.75) is 12.8 Å². The minimum Gasteiger partial charge on any atom is -0.477 e. The molecule has 1 N–H and O–H groups in total. The minimum absolute atomic E-state index is 0.0884. The summed E-state index contributed by atoms with van der Waals surface area (Å²) in [6.07, 6.45) is -2.19. The molecular weight excluding hydrogens is 300 g/mol. The highest BCUT2D eigenvalue weighted by Crippen LogP contribution is 2.28. The van der Waals surface area contributed by atoms with Gasteiger partial charge in [-0.2, -0.15) is 0 Å². The van der Waals surface area contributed by atoms with Crippen LogP contribution in [0.3, 0.4) is 0 Å². The van der Waals surface area contributed by atoms with Gasteiger partial charge in [-0.15, -0.1) is 11.3 Å². The standard InChI is InChI=1S/C14H13F2NO3S/c15-10(16)8-20-7-6-11-17-12(13(21-11)14(18)19)9-4-2-1-3-5-9/h1-5,10H,6-8H2,(H,18,19). The summed E-state index contributed by atoms with van der Waals surface area (Å²) < 4.78 is 28.7. The number of carboxylic acid groups (broad SMARTS) is 1. The number of alkyl halides is 2. The van der Waals surface area contributed by atoms with Crippen LogP contribution in [0.5, 0.6) is 0 Å². The normalized spacial score (nSPS) is 11.0. The Hall–Kier alpha value is -1.86. The highest BCUT2D eigenvalue weighted by molar-refractivity contribution is 7.14. The lowest BCUT2D eigenvalue weighted by Gasteiger charge is -2.00.